The van der Waals surface area contributed by atoms with Gasteiger partial charge in [-0.05, 0) is 12.1 Å². The zero-order valence-electron chi connectivity index (χ0n) is 10.2. The number of urea groups is 1. The number of carbonyl (C=O) groups excluding carboxylic acids is 1. The maximum absolute atomic E-state index is 12.0. The number of nitrogens with two attached hydrogens (primary N) is 1. The van der Waals surface area contributed by atoms with Crippen LogP contribution < -0.4 is 5.73 Å². The molecule has 4 nitrogen and oxygen atoms in total. The summed E-state index contributed by atoms with van der Waals surface area (Å²) in [5.74, 6) is 0.376. The Labute approximate surface area is 102 Å². The summed E-state index contributed by atoms with van der Waals surface area (Å²) in [7, 11) is 1.84. The van der Waals surface area contributed by atoms with Crippen LogP contribution in [0.1, 0.15) is 5.56 Å². The molecule has 1 atom stereocenters. The summed E-state index contributed by atoms with van der Waals surface area (Å²) in [6.45, 7) is 2.82. The topological polar surface area (TPSA) is 49.6 Å². The van der Waals surface area contributed by atoms with E-state index in [9.17, 15) is 4.79 Å². The highest BCUT2D eigenvalue weighted by Gasteiger charge is 2.28. The molecule has 1 aliphatic rings. The van der Waals surface area contributed by atoms with Gasteiger partial charge in [0.15, 0.2) is 0 Å². The average Bonchev–Trinajstić information content (AvgIpc) is 2.36. The maximum atomic E-state index is 12.0. The second-order valence-corrected chi connectivity index (χ2v) is 4.63. The fraction of sp³-hybridized carbons (Fsp3) is 0.462. The van der Waals surface area contributed by atoms with E-state index in [0.29, 0.717) is 19.0 Å². The smallest absolute Gasteiger partial charge is 0.320 e. The Hall–Kier alpha value is -1.55. The van der Waals surface area contributed by atoms with Crippen molar-refractivity contribution < 1.29 is 4.79 Å². The van der Waals surface area contributed by atoms with Crippen LogP contribution in [0, 0.1) is 5.92 Å². The van der Waals surface area contributed by atoms with Crippen LogP contribution in [0.25, 0.3) is 0 Å². The normalized spacial score (nSPS) is 20.8. The van der Waals surface area contributed by atoms with Crippen LogP contribution in [0.5, 0.6) is 0 Å². The third-order valence-electron chi connectivity index (χ3n) is 3.16. The first-order valence-electron chi connectivity index (χ1n) is 5.94. The predicted molar refractivity (Wildman–Crippen MR) is 67.4 cm³/mol. The average molecular weight is 233 g/mol. The fourth-order valence-corrected chi connectivity index (χ4v) is 2.24. The van der Waals surface area contributed by atoms with E-state index < -0.39 is 0 Å². The summed E-state index contributed by atoms with van der Waals surface area (Å²) in [5, 5.41) is 0. The molecule has 2 amide bonds. The lowest BCUT2D eigenvalue weighted by molar-refractivity contribution is 0.114. The van der Waals surface area contributed by atoms with Gasteiger partial charge in [-0.15, -0.1) is 0 Å². The van der Waals surface area contributed by atoms with Gasteiger partial charge in [-0.2, -0.15) is 0 Å². The molecule has 1 unspecified atom stereocenters. The molecule has 4 heteroatoms. The molecule has 0 saturated carbocycles. The summed E-state index contributed by atoms with van der Waals surface area (Å²) in [4.78, 5) is 15.6. The Morgan fingerprint density at radius 3 is 2.65 bits per heavy atom. The lowest BCUT2D eigenvalue weighted by Gasteiger charge is -2.38. The first kappa shape index (κ1) is 11.9. The van der Waals surface area contributed by atoms with Crippen LogP contribution in [0.3, 0.4) is 0 Å². The molecule has 0 aliphatic carbocycles. The van der Waals surface area contributed by atoms with Gasteiger partial charge in [-0.1, -0.05) is 30.3 Å². The van der Waals surface area contributed by atoms with E-state index in [4.69, 9.17) is 5.73 Å². The van der Waals surface area contributed by atoms with Crippen molar-refractivity contribution in [1.29, 1.82) is 0 Å². The quantitative estimate of drug-likeness (QED) is 0.850. The van der Waals surface area contributed by atoms with Crippen LogP contribution in [0.2, 0.25) is 0 Å². The lowest BCUT2D eigenvalue weighted by Crippen LogP contribution is -2.52. The Morgan fingerprint density at radius 2 is 2.00 bits per heavy atom. The molecule has 0 bridgehead atoms. The molecule has 1 heterocycles. The van der Waals surface area contributed by atoms with Crippen molar-refractivity contribution in [2.24, 2.45) is 11.7 Å². The third kappa shape index (κ3) is 2.77. The van der Waals surface area contributed by atoms with Crippen LogP contribution in [0.4, 0.5) is 4.79 Å². The van der Waals surface area contributed by atoms with Crippen LogP contribution in [-0.4, -0.2) is 42.5 Å². The molecule has 1 aliphatic heterocycles. The van der Waals surface area contributed by atoms with E-state index in [1.807, 2.05) is 42.3 Å². The number of amides is 2. The lowest BCUT2D eigenvalue weighted by atomic mass is 10.1. The van der Waals surface area contributed by atoms with E-state index in [1.165, 1.54) is 0 Å². The first-order chi connectivity index (χ1) is 8.20. The number of hydrogen-bond acceptors (Lipinski definition) is 2. The SMILES string of the molecule is CN1CC(CN)CN(Cc2ccccc2)C1=O. The zero-order chi connectivity index (χ0) is 12.3. The van der Waals surface area contributed by atoms with Gasteiger partial charge in [0.05, 0.1) is 0 Å². The summed E-state index contributed by atoms with van der Waals surface area (Å²) >= 11 is 0. The Morgan fingerprint density at radius 1 is 1.29 bits per heavy atom. The van der Waals surface area contributed by atoms with E-state index in [2.05, 4.69) is 0 Å². The molecule has 0 aromatic heterocycles. The fourth-order valence-electron chi connectivity index (χ4n) is 2.24. The van der Waals surface area contributed by atoms with Crippen molar-refractivity contribution in [2.75, 3.05) is 26.7 Å². The van der Waals surface area contributed by atoms with Gasteiger partial charge >= 0.3 is 6.03 Å². The first-order valence-corrected chi connectivity index (χ1v) is 5.94. The molecule has 0 radical (unpaired) electrons. The minimum absolute atomic E-state index is 0.0959. The predicted octanol–water partition coefficient (Wildman–Crippen LogP) is 1.13. The van der Waals surface area contributed by atoms with Gasteiger partial charge in [-0.25, -0.2) is 4.79 Å². The molecule has 1 aromatic rings. The monoisotopic (exact) mass is 233 g/mol. The van der Waals surface area contributed by atoms with Gasteiger partial charge < -0.3 is 15.5 Å². The highest BCUT2D eigenvalue weighted by atomic mass is 16.2. The molecule has 1 saturated heterocycles. The minimum atomic E-state index is 0.0959. The Balaban J connectivity index is 2.06. The number of carbonyl (C=O) groups is 1. The van der Waals surface area contributed by atoms with E-state index in [1.54, 1.807) is 4.90 Å². The third-order valence-corrected chi connectivity index (χ3v) is 3.16. The van der Waals surface area contributed by atoms with Crippen LogP contribution in [-0.2, 0) is 6.54 Å². The number of hydrogen-bond donors (Lipinski definition) is 1. The number of rotatable bonds is 3. The van der Waals surface area contributed by atoms with Gasteiger partial charge in [0.1, 0.15) is 0 Å². The summed E-state index contributed by atoms with van der Waals surface area (Å²) in [5.41, 5.74) is 6.86. The second-order valence-electron chi connectivity index (χ2n) is 4.63. The molecule has 17 heavy (non-hydrogen) atoms. The van der Waals surface area contributed by atoms with Crippen molar-refractivity contribution in [1.82, 2.24) is 9.80 Å². The van der Waals surface area contributed by atoms with Crippen molar-refractivity contribution >= 4 is 6.03 Å². The molecular weight excluding hydrogens is 214 g/mol. The van der Waals surface area contributed by atoms with Gasteiger partial charge in [0, 0.05) is 32.6 Å². The molecule has 1 aromatic carbocycles. The van der Waals surface area contributed by atoms with Crippen LogP contribution >= 0.6 is 0 Å². The zero-order valence-corrected chi connectivity index (χ0v) is 10.2. The highest BCUT2D eigenvalue weighted by molar-refractivity contribution is 5.75. The summed E-state index contributed by atoms with van der Waals surface area (Å²) < 4.78 is 0. The standard InChI is InChI=1S/C13H19N3O/c1-15-8-12(7-14)10-16(13(15)17)9-11-5-3-2-4-6-11/h2-6,12H,7-10,14H2,1H3. The van der Waals surface area contributed by atoms with E-state index >= 15 is 0 Å². The Bertz CT molecular complexity index is 380. The maximum Gasteiger partial charge on any atom is 0.320 e. The molecule has 0 spiro atoms. The van der Waals surface area contributed by atoms with Crippen LogP contribution in [0.15, 0.2) is 30.3 Å². The largest absolute Gasteiger partial charge is 0.330 e. The number of benzene rings is 1. The van der Waals surface area contributed by atoms with Crippen molar-refractivity contribution in [2.45, 2.75) is 6.54 Å². The number of nitrogens with zero attached hydrogens (tertiary/aromatic N) is 2. The Kier molecular flexibility index (Phi) is 3.64. The van der Waals surface area contributed by atoms with Gasteiger partial charge in [0.25, 0.3) is 0 Å². The van der Waals surface area contributed by atoms with Gasteiger partial charge in [-0.3, -0.25) is 0 Å². The molecular formula is C13H19N3O. The minimum Gasteiger partial charge on any atom is -0.330 e. The van der Waals surface area contributed by atoms with Crippen molar-refractivity contribution in [3.63, 3.8) is 0 Å². The summed E-state index contributed by atoms with van der Waals surface area (Å²) in [6.07, 6.45) is 0. The van der Waals surface area contributed by atoms with Gasteiger partial charge in [0.2, 0.25) is 0 Å². The summed E-state index contributed by atoms with van der Waals surface area (Å²) in [6, 6.07) is 10.1. The second kappa shape index (κ2) is 5.19. The highest BCUT2D eigenvalue weighted by Crippen LogP contribution is 2.15. The van der Waals surface area contributed by atoms with Crippen molar-refractivity contribution in [3.8, 4) is 0 Å². The molecule has 92 valence electrons. The molecule has 2 rings (SSSR count). The molecule has 2 N–H and O–H groups in total. The van der Waals surface area contributed by atoms with Crippen molar-refractivity contribution in [3.05, 3.63) is 35.9 Å². The van der Waals surface area contributed by atoms with E-state index in [-0.39, 0.29) is 6.03 Å². The molecule has 1 fully saturated rings. The van der Waals surface area contributed by atoms with E-state index in [0.717, 1.165) is 18.7 Å².